The number of aryl methyl sites for hydroxylation is 2. The molecule has 0 amide bonds. The summed E-state index contributed by atoms with van der Waals surface area (Å²) >= 11 is 0. The molecule has 0 saturated carbocycles. The molecule has 2 heterocycles. The molecule has 2 N–H and O–H groups in total. The second-order valence-corrected chi connectivity index (χ2v) is 4.40. The molecule has 0 bridgehead atoms. The van der Waals surface area contributed by atoms with Gasteiger partial charge in [-0.25, -0.2) is 0 Å². The zero-order valence-electron chi connectivity index (χ0n) is 10.7. The number of fused-ring (bicyclic) bond motifs is 1. The van der Waals surface area contributed by atoms with Crippen LogP contribution in [0.25, 0.3) is 22.5 Å². The van der Waals surface area contributed by atoms with Crippen molar-refractivity contribution in [2.45, 2.75) is 12.8 Å². The minimum Gasteiger partial charge on any atom is -0.332 e. The molecule has 2 aromatic heterocycles. The highest BCUT2D eigenvalue weighted by atomic mass is 16.5. The van der Waals surface area contributed by atoms with Gasteiger partial charge in [-0.3, -0.25) is 4.68 Å². The van der Waals surface area contributed by atoms with E-state index in [0.29, 0.717) is 18.3 Å². The Labute approximate surface area is 110 Å². The summed E-state index contributed by atoms with van der Waals surface area (Å²) in [5, 5.41) is 9.42. The Morgan fingerprint density at radius 1 is 1.32 bits per heavy atom. The van der Waals surface area contributed by atoms with Gasteiger partial charge in [-0.05, 0) is 19.0 Å². The highest BCUT2D eigenvalue weighted by Gasteiger charge is 2.16. The summed E-state index contributed by atoms with van der Waals surface area (Å²) in [5.74, 6) is 1.14. The molecule has 0 atom stereocenters. The number of rotatable bonds is 4. The minimum atomic E-state index is 0.462. The molecule has 0 saturated heterocycles. The first-order valence-electron chi connectivity index (χ1n) is 6.24. The minimum absolute atomic E-state index is 0.462. The predicted octanol–water partition coefficient (Wildman–Crippen LogP) is 1.51. The fourth-order valence-corrected chi connectivity index (χ4v) is 2.08. The van der Waals surface area contributed by atoms with Gasteiger partial charge in [0, 0.05) is 18.9 Å². The van der Waals surface area contributed by atoms with Crippen molar-refractivity contribution in [2.24, 2.45) is 12.8 Å². The third-order valence-electron chi connectivity index (χ3n) is 3.03. The second-order valence-electron chi connectivity index (χ2n) is 4.40. The van der Waals surface area contributed by atoms with Crippen LogP contribution in [0.2, 0.25) is 0 Å². The Morgan fingerprint density at radius 3 is 3.00 bits per heavy atom. The smallest absolute Gasteiger partial charge is 0.279 e. The molecule has 0 spiro atoms. The van der Waals surface area contributed by atoms with E-state index in [1.807, 2.05) is 36.0 Å². The molecule has 0 radical (unpaired) electrons. The van der Waals surface area contributed by atoms with Crippen molar-refractivity contribution in [1.29, 1.82) is 0 Å². The van der Waals surface area contributed by atoms with Crippen molar-refractivity contribution in [3.8, 4) is 11.6 Å². The third-order valence-corrected chi connectivity index (χ3v) is 3.03. The number of hydrogen-bond acceptors (Lipinski definition) is 5. The molecule has 0 unspecified atom stereocenters. The standard InChI is InChI=1S/C13H15N5O/c1-18-10-6-3-2-5-9(10)12(16-18)13-15-11(17-19-13)7-4-8-14/h2-3,5-6H,4,7-8,14H2,1H3. The van der Waals surface area contributed by atoms with E-state index < -0.39 is 0 Å². The van der Waals surface area contributed by atoms with Crippen molar-refractivity contribution >= 4 is 10.9 Å². The van der Waals surface area contributed by atoms with E-state index in [1.54, 1.807) is 0 Å². The summed E-state index contributed by atoms with van der Waals surface area (Å²) in [7, 11) is 1.90. The fraction of sp³-hybridized carbons (Fsp3) is 0.308. The van der Waals surface area contributed by atoms with Gasteiger partial charge in [0.15, 0.2) is 11.5 Å². The number of hydrogen-bond donors (Lipinski definition) is 1. The zero-order valence-corrected chi connectivity index (χ0v) is 10.7. The van der Waals surface area contributed by atoms with Crippen molar-refractivity contribution in [1.82, 2.24) is 19.9 Å². The molecule has 98 valence electrons. The third kappa shape index (κ3) is 2.10. The van der Waals surface area contributed by atoms with E-state index in [1.165, 1.54) is 0 Å². The van der Waals surface area contributed by atoms with Crippen LogP contribution in [-0.2, 0) is 13.5 Å². The Hall–Kier alpha value is -2.21. The van der Waals surface area contributed by atoms with E-state index in [2.05, 4.69) is 15.2 Å². The topological polar surface area (TPSA) is 82.8 Å². The average Bonchev–Trinajstić information content (AvgIpc) is 3.02. The summed E-state index contributed by atoms with van der Waals surface area (Å²) in [5.41, 5.74) is 7.24. The van der Waals surface area contributed by atoms with E-state index in [-0.39, 0.29) is 0 Å². The lowest BCUT2D eigenvalue weighted by atomic mass is 10.2. The van der Waals surface area contributed by atoms with Gasteiger partial charge in [0.05, 0.1) is 5.52 Å². The maximum absolute atomic E-state index is 5.47. The van der Waals surface area contributed by atoms with Gasteiger partial charge in [0.2, 0.25) is 0 Å². The van der Waals surface area contributed by atoms with Crippen LogP contribution < -0.4 is 5.73 Å². The molecule has 0 aliphatic carbocycles. The van der Waals surface area contributed by atoms with Crippen LogP contribution >= 0.6 is 0 Å². The lowest BCUT2D eigenvalue weighted by molar-refractivity contribution is 0.420. The van der Waals surface area contributed by atoms with Crippen LogP contribution in [0.5, 0.6) is 0 Å². The average molecular weight is 257 g/mol. The van der Waals surface area contributed by atoms with Crippen molar-refractivity contribution in [3.05, 3.63) is 30.1 Å². The summed E-state index contributed by atoms with van der Waals surface area (Å²) in [6, 6.07) is 7.96. The van der Waals surface area contributed by atoms with Crippen LogP contribution in [0.3, 0.4) is 0 Å². The number of para-hydroxylation sites is 1. The Morgan fingerprint density at radius 2 is 2.16 bits per heavy atom. The Balaban J connectivity index is 2.02. The maximum atomic E-state index is 5.47. The number of benzene rings is 1. The lowest BCUT2D eigenvalue weighted by Crippen LogP contribution is -2.01. The molecule has 0 fully saturated rings. The van der Waals surface area contributed by atoms with Gasteiger partial charge < -0.3 is 10.3 Å². The van der Waals surface area contributed by atoms with E-state index in [0.717, 1.165) is 29.4 Å². The van der Waals surface area contributed by atoms with Crippen LogP contribution in [0.15, 0.2) is 28.8 Å². The summed E-state index contributed by atoms with van der Waals surface area (Å²) in [6.07, 6.45) is 1.58. The summed E-state index contributed by atoms with van der Waals surface area (Å²) in [4.78, 5) is 4.37. The number of aromatic nitrogens is 4. The van der Waals surface area contributed by atoms with E-state index in [4.69, 9.17) is 10.3 Å². The Kier molecular flexibility index (Phi) is 3.00. The highest BCUT2D eigenvalue weighted by Crippen LogP contribution is 2.26. The van der Waals surface area contributed by atoms with Gasteiger partial charge in [-0.2, -0.15) is 10.1 Å². The fourth-order valence-electron chi connectivity index (χ4n) is 2.08. The molecule has 0 aliphatic rings. The van der Waals surface area contributed by atoms with Gasteiger partial charge in [-0.15, -0.1) is 0 Å². The molecule has 19 heavy (non-hydrogen) atoms. The van der Waals surface area contributed by atoms with Crippen LogP contribution in [0, 0.1) is 0 Å². The first kappa shape index (κ1) is 11.9. The van der Waals surface area contributed by atoms with Crippen LogP contribution in [-0.4, -0.2) is 26.5 Å². The number of nitrogens with two attached hydrogens (primary N) is 1. The first-order chi connectivity index (χ1) is 9.29. The van der Waals surface area contributed by atoms with Gasteiger partial charge >= 0.3 is 0 Å². The molecular formula is C13H15N5O. The lowest BCUT2D eigenvalue weighted by Gasteiger charge is -1.90. The largest absolute Gasteiger partial charge is 0.332 e. The predicted molar refractivity (Wildman–Crippen MR) is 71.4 cm³/mol. The second kappa shape index (κ2) is 4.81. The van der Waals surface area contributed by atoms with Crippen LogP contribution in [0.1, 0.15) is 12.2 Å². The SMILES string of the molecule is Cn1nc(-c2nc(CCCN)no2)c2ccccc21. The monoisotopic (exact) mass is 257 g/mol. The van der Waals surface area contributed by atoms with Crippen molar-refractivity contribution in [3.63, 3.8) is 0 Å². The molecule has 3 aromatic rings. The van der Waals surface area contributed by atoms with E-state index >= 15 is 0 Å². The molecule has 6 heteroatoms. The zero-order chi connectivity index (χ0) is 13.2. The molecule has 3 rings (SSSR count). The first-order valence-corrected chi connectivity index (χ1v) is 6.24. The van der Waals surface area contributed by atoms with E-state index in [9.17, 15) is 0 Å². The molecule has 0 aliphatic heterocycles. The quantitative estimate of drug-likeness (QED) is 0.766. The van der Waals surface area contributed by atoms with Gasteiger partial charge in [0.1, 0.15) is 0 Å². The van der Waals surface area contributed by atoms with Crippen molar-refractivity contribution in [2.75, 3.05) is 6.54 Å². The van der Waals surface area contributed by atoms with Crippen molar-refractivity contribution < 1.29 is 4.52 Å². The summed E-state index contributed by atoms with van der Waals surface area (Å²) in [6.45, 7) is 0.621. The van der Waals surface area contributed by atoms with Gasteiger partial charge in [0.25, 0.3) is 5.89 Å². The molecule has 6 nitrogen and oxygen atoms in total. The maximum Gasteiger partial charge on any atom is 0.279 e. The van der Waals surface area contributed by atoms with Gasteiger partial charge in [-0.1, -0.05) is 23.4 Å². The summed E-state index contributed by atoms with van der Waals surface area (Å²) < 4.78 is 7.11. The molecular weight excluding hydrogens is 242 g/mol. The Bertz CT molecular complexity index is 700. The number of nitrogens with zero attached hydrogens (tertiary/aromatic N) is 4. The highest BCUT2D eigenvalue weighted by molar-refractivity contribution is 5.91. The normalized spacial score (nSPS) is 11.3. The van der Waals surface area contributed by atoms with Crippen LogP contribution in [0.4, 0.5) is 0 Å². The molecule has 1 aromatic carbocycles.